The first-order valence-corrected chi connectivity index (χ1v) is 16.6. The van der Waals surface area contributed by atoms with Crippen LogP contribution < -0.4 is 43.9 Å². The SMILES string of the molecule is Nc1ccc(CCc2ccc(N)cc2)cc1.Nc1ccc(OCCCOc2ccc(N)cc2)cc1.Nc1cccc(C(=O)c2cccc(N)c2)c1. The van der Waals surface area contributed by atoms with Gasteiger partial charge in [0.25, 0.3) is 0 Å². The zero-order valence-electron chi connectivity index (χ0n) is 28.6. The highest BCUT2D eigenvalue weighted by molar-refractivity contribution is 6.09. The van der Waals surface area contributed by atoms with Crippen molar-refractivity contribution in [3.8, 4) is 11.5 Å². The normalized spacial score (nSPS) is 10.1. The van der Waals surface area contributed by atoms with Crippen LogP contribution in [0.2, 0.25) is 0 Å². The number of carbonyl (C=O) groups is 1. The van der Waals surface area contributed by atoms with Gasteiger partial charge in [-0.2, -0.15) is 0 Å². The smallest absolute Gasteiger partial charge is 0.193 e. The fraction of sp³-hybridized carbons (Fsp3) is 0.119. The van der Waals surface area contributed by atoms with Gasteiger partial charge in [-0.1, -0.05) is 48.5 Å². The lowest BCUT2D eigenvalue weighted by molar-refractivity contribution is 0.103. The molecule has 6 aromatic carbocycles. The van der Waals surface area contributed by atoms with Crippen molar-refractivity contribution in [1.82, 2.24) is 0 Å². The van der Waals surface area contributed by atoms with Gasteiger partial charge in [-0.15, -0.1) is 0 Å². The number of ether oxygens (including phenoxy) is 2. The zero-order chi connectivity index (χ0) is 36.4. The molecule has 0 aliphatic carbocycles. The summed E-state index contributed by atoms with van der Waals surface area (Å²) in [4.78, 5) is 12.0. The topological polar surface area (TPSA) is 192 Å². The fourth-order valence-electron chi connectivity index (χ4n) is 4.75. The number of anilines is 6. The highest BCUT2D eigenvalue weighted by atomic mass is 16.5. The maximum absolute atomic E-state index is 12.0. The molecule has 0 saturated heterocycles. The van der Waals surface area contributed by atoms with Gasteiger partial charge in [-0.05, 0) is 121 Å². The molecular weight excluding hydrogens is 637 g/mol. The molecule has 0 saturated carbocycles. The molecule has 9 nitrogen and oxygen atoms in total. The van der Waals surface area contributed by atoms with E-state index in [1.165, 1.54) is 11.1 Å². The van der Waals surface area contributed by atoms with E-state index in [-0.39, 0.29) is 5.78 Å². The predicted molar refractivity (Wildman–Crippen MR) is 212 cm³/mol. The van der Waals surface area contributed by atoms with Crippen LogP contribution in [-0.2, 0) is 12.8 Å². The van der Waals surface area contributed by atoms with Crippen molar-refractivity contribution in [2.45, 2.75) is 19.3 Å². The van der Waals surface area contributed by atoms with E-state index in [2.05, 4.69) is 24.3 Å². The number of nitrogen functional groups attached to an aromatic ring is 6. The second-order valence-electron chi connectivity index (χ2n) is 11.8. The summed E-state index contributed by atoms with van der Waals surface area (Å²) in [6.45, 7) is 1.22. The molecule has 0 atom stereocenters. The number of nitrogens with two attached hydrogens (primary N) is 6. The second-order valence-corrected chi connectivity index (χ2v) is 11.8. The molecule has 0 amide bonds. The molecule has 262 valence electrons. The largest absolute Gasteiger partial charge is 0.493 e. The molecule has 6 rings (SSSR count). The Morgan fingerprint density at radius 3 is 1.08 bits per heavy atom. The minimum Gasteiger partial charge on any atom is -0.493 e. The quantitative estimate of drug-likeness (QED) is 0.0458. The molecule has 0 bridgehead atoms. The van der Waals surface area contributed by atoms with Crippen molar-refractivity contribution in [3.05, 3.63) is 168 Å². The number of ketones is 1. The van der Waals surface area contributed by atoms with Crippen molar-refractivity contribution < 1.29 is 14.3 Å². The molecule has 6 aromatic rings. The summed E-state index contributed by atoms with van der Waals surface area (Å²) < 4.78 is 11.1. The minimum absolute atomic E-state index is 0.0698. The van der Waals surface area contributed by atoms with Crippen LogP contribution in [0.25, 0.3) is 0 Å². The van der Waals surface area contributed by atoms with E-state index < -0.39 is 0 Å². The van der Waals surface area contributed by atoms with E-state index in [9.17, 15) is 4.79 Å². The van der Waals surface area contributed by atoms with Crippen LogP contribution >= 0.6 is 0 Å². The van der Waals surface area contributed by atoms with Crippen molar-refractivity contribution in [1.29, 1.82) is 0 Å². The van der Waals surface area contributed by atoms with Crippen LogP contribution in [0.4, 0.5) is 34.1 Å². The molecule has 0 spiro atoms. The van der Waals surface area contributed by atoms with Gasteiger partial charge in [0.15, 0.2) is 5.78 Å². The highest BCUT2D eigenvalue weighted by Crippen LogP contribution is 2.17. The van der Waals surface area contributed by atoms with Gasteiger partial charge in [-0.3, -0.25) is 4.79 Å². The standard InChI is InChI=1S/C15H18N2O2.C14H16N2.C13H12N2O/c16-12-2-6-14(7-3-12)18-10-1-11-19-15-8-4-13(17)5-9-15;15-13-7-3-11(4-8-13)1-2-12-5-9-14(16)10-6-12;14-11-5-1-3-9(7-11)13(16)10-4-2-6-12(15)8-10/h2-9H,1,10-11,16-17H2;3-10H,1-2,15-16H2;1-8H,14-15H2. The van der Waals surface area contributed by atoms with Crippen molar-refractivity contribution in [2.75, 3.05) is 47.6 Å². The fourth-order valence-corrected chi connectivity index (χ4v) is 4.75. The summed E-state index contributed by atoms with van der Waals surface area (Å²) in [7, 11) is 0. The van der Waals surface area contributed by atoms with E-state index in [0.29, 0.717) is 35.7 Å². The molecular formula is C42H46N6O3. The Hall–Kier alpha value is -6.61. The summed E-state index contributed by atoms with van der Waals surface area (Å²) in [6, 6.07) is 44.6. The van der Waals surface area contributed by atoms with Gasteiger partial charge in [0.1, 0.15) is 11.5 Å². The van der Waals surface area contributed by atoms with Gasteiger partial charge in [0, 0.05) is 51.7 Å². The lowest BCUT2D eigenvalue weighted by atomic mass is 10.0. The molecule has 12 N–H and O–H groups in total. The Morgan fingerprint density at radius 2 is 0.745 bits per heavy atom. The molecule has 0 aromatic heterocycles. The van der Waals surface area contributed by atoms with Crippen molar-refractivity contribution in [3.63, 3.8) is 0 Å². The predicted octanol–water partition coefficient (Wildman–Crippen LogP) is 7.42. The van der Waals surface area contributed by atoms with Gasteiger partial charge in [0.2, 0.25) is 0 Å². The van der Waals surface area contributed by atoms with Gasteiger partial charge in [-0.25, -0.2) is 0 Å². The molecule has 0 unspecified atom stereocenters. The maximum atomic E-state index is 12.0. The summed E-state index contributed by atoms with van der Waals surface area (Å²) in [5, 5.41) is 0. The van der Waals surface area contributed by atoms with Crippen LogP contribution in [0.3, 0.4) is 0 Å². The zero-order valence-corrected chi connectivity index (χ0v) is 28.6. The van der Waals surface area contributed by atoms with Crippen LogP contribution in [0.15, 0.2) is 146 Å². The first-order valence-electron chi connectivity index (χ1n) is 16.6. The molecule has 0 fully saturated rings. The van der Waals surface area contributed by atoms with Gasteiger partial charge in [0.05, 0.1) is 13.2 Å². The van der Waals surface area contributed by atoms with Crippen molar-refractivity contribution >= 4 is 39.9 Å². The number of hydrogen-bond acceptors (Lipinski definition) is 9. The summed E-state index contributed by atoms with van der Waals surface area (Å²) >= 11 is 0. The van der Waals surface area contributed by atoms with Crippen molar-refractivity contribution in [2.24, 2.45) is 0 Å². The van der Waals surface area contributed by atoms with E-state index in [1.54, 1.807) is 48.5 Å². The Kier molecular flexibility index (Phi) is 14.2. The Balaban J connectivity index is 0.000000172. The Morgan fingerprint density at radius 1 is 0.412 bits per heavy atom. The molecule has 0 heterocycles. The number of benzene rings is 6. The Bertz CT molecular complexity index is 1790. The van der Waals surface area contributed by atoms with Gasteiger partial charge >= 0.3 is 0 Å². The number of carbonyl (C=O) groups excluding carboxylic acids is 1. The monoisotopic (exact) mass is 682 g/mol. The van der Waals surface area contributed by atoms with Crippen LogP contribution in [0.1, 0.15) is 33.5 Å². The first-order chi connectivity index (χ1) is 24.6. The van der Waals surface area contributed by atoms with E-state index in [1.807, 2.05) is 72.8 Å². The first kappa shape index (κ1) is 37.2. The second kappa shape index (κ2) is 19.4. The third-order valence-electron chi connectivity index (χ3n) is 7.55. The Labute approximate surface area is 299 Å². The third kappa shape index (κ3) is 13.4. The maximum Gasteiger partial charge on any atom is 0.193 e. The van der Waals surface area contributed by atoms with Crippen LogP contribution in [0.5, 0.6) is 11.5 Å². The number of hydrogen-bond donors (Lipinski definition) is 6. The molecule has 9 heteroatoms. The number of rotatable bonds is 11. The minimum atomic E-state index is -0.0698. The molecule has 0 aliphatic heterocycles. The average molecular weight is 683 g/mol. The van der Waals surface area contributed by atoms with Crippen LogP contribution in [0, 0.1) is 0 Å². The summed E-state index contributed by atoms with van der Waals surface area (Å²) in [5.41, 5.74) is 41.7. The lowest BCUT2D eigenvalue weighted by Gasteiger charge is -2.08. The van der Waals surface area contributed by atoms with E-state index in [0.717, 1.165) is 53.5 Å². The summed E-state index contributed by atoms with van der Waals surface area (Å²) in [6.07, 6.45) is 2.88. The molecule has 0 aliphatic rings. The van der Waals surface area contributed by atoms with E-state index >= 15 is 0 Å². The molecule has 0 radical (unpaired) electrons. The number of aryl methyl sites for hydroxylation is 2. The lowest BCUT2D eigenvalue weighted by Crippen LogP contribution is -2.05. The average Bonchev–Trinajstić information content (AvgIpc) is 3.14. The van der Waals surface area contributed by atoms with Gasteiger partial charge < -0.3 is 43.9 Å². The highest BCUT2D eigenvalue weighted by Gasteiger charge is 2.09. The van der Waals surface area contributed by atoms with E-state index in [4.69, 9.17) is 43.9 Å². The van der Waals surface area contributed by atoms with Crippen LogP contribution in [-0.4, -0.2) is 19.0 Å². The summed E-state index contributed by atoms with van der Waals surface area (Å²) in [5.74, 6) is 1.57. The third-order valence-corrected chi connectivity index (χ3v) is 7.55. The molecule has 51 heavy (non-hydrogen) atoms.